The highest BCUT2D eigenvalue weighted by Crippen LogP contribution is 2.34. The quantitative estimate of drug-likeness (QED) is 0.0366. The number of imidazole rings is 2. The van der Waals surface area contributed by atoms with Crippen molar-refractivity contribution in [3.8, 4) is 11.5 Å². The fraction of sp³-hybridized carbons (Fsp3) is 0.492. The Labute approximate surface area is 497 Å². The van der Waals surface area contributed by atoms with Crippen molar-refractivity contribution in [2.24, 2.45) is 17.4 Å². The maximum Gasteiger partial charge on any atom is 0.408 e. The summed E-state index contributed by atoms with van der Waals surface area (Å²) in [5, 5.41) is 26.8. The molecule has 1 saturated heterocycles. The predicted molar refractivity (Wildman–Crippen MR) is 320 cm³/mol. The molecular weight excluding hydrogens is 1100 g/mol. The predicted octanol–water partition coefficient (Wildman–Crippen LogP) is 5.92. The molecule has 86 heavy (non-hydrogen) atoms. The number of ether oxygens (including phenoxy) is 3. The summed E-state index contributed by atoms with van der Waals surface area (Å²) in [7, 11) is 1.46. The molecule has 458 valence electrons. The maximum atomic E-state index is 14.1. The number of hydrogen-bond acceptors (Lipinski definition) is 16. The number of piperidine rings is 1. The molecule has 27 nitrogen and oxygen atoms in total. The van der Waals surface area contributed by atoms with Crippen molar-refractivity contribution in [2.75, 3.05) is 50.5 Å². The maximum absolute atomic E-state index is 14.1. The molecule has 7 N–H and O–H groups in total. The number of fused-ring (bicyclic) bond motifs is 3. The number of carbonyl (C=O) groups excluding carboxylic acids is 6. The first-order valence-electron chi connectivity index (χ1n) is 29.2. The zero-order valence-corrected chi connectivity index (χ0v) is 50.6. The van der Waals surface area contributed by atoms with Gasteiger partial charge in [0.15, 0.2) is 5.82 Å². The lowest BCUT2D eigenvalue weighted by atomic mass is 9.95. The highest BCUT2D eigenvalue weighted by atomic mass is 16.6. The average molecular weight is 1180 g/mol. The molecular formula is C59H78N18O9. The van der Waals surface area contributed by atoms with Crippen molar-refractivity contribution in [3.05, 3.63) is 94.1 Å². The number of nitrogens with two attached hydrogens (primary N) is 2. The highest BCUT2D eigenvalue weighted by molar-refractivity contribution is 6.05. The van der Waals surface area contributed by atoms with E-state index in [0.29, 0.717) is 102 Å². The SMILES string of the molecule is CCn1nc(C)cc1C(=O)Nc1nc2cc(C(N)=O)cc(OC)c2n1C/C=C/Cn1c(NC(=O)c2cc(C)nn2CC)nc2cc(C(N)=O)cc(OCCCN3CCC(c4nnc5n4CCN(C(=O)[C@H](CC(C)C)NC(=O)OC(C)(C)C)C5)CC3)c21. The minimum Gasteiger partial charge on any atom is -0.494 e. The van der Waals surface area contributed by atoms with Crippen LogP contribution in [0.15, 0.2) is 48.6 Å². The van der Waals surface area contributed by atoms with Crippen molar-refractivity contribution >= 4 is 69.6 Å². The molecule has 0 radical (unpaired) electrons. The fourth-order valence-electron chi connectivity index (χ4n) is 11.1. The Balaban J connectivity index is 0.911. The second-order valence-corrected chi connectivity index (χ2v) is 23.1. The third-order valence-electron chi connectivity index (χ3n) is 15.1. The molecule has 1 atom stereocenters. The lowest BCUT2D eigenvalue weighted by Crippen LogP contribution is -2.52. The van der Waals surface area contributed by atoms with Crippen molar-refractivity contribution in [1.29, 1.82) is 0 Å². The largest absolute Gasteiger partial charge is 0.494 e. The lowest BCUT2D eigenvalue weighted by molar-refractivity contribution is -0.135. The van der Waals surface area contributed by atoms with E-state index < -0.39 is 41.4 Å². The summed E-state index contributed by atoms with van der Waals surface area (Å²) in [6, 6.07) is 8.85. The number of anilines is 2. The molecule has 27 heteroatoms. The second kappa shape index (κ2) is 26.0. The Kier molecular flexibility index (Phi) is 18.6. The molecule has 6 amide bonds. The molecule has 7 heterocycles. The van der Waals surface area contributed by atoms with E-state index in [1.54, 1.807) is 82.3 Å². The number of aryl methyl sites for hydroxylation is 4. The number of nitrogens with one attached hydrogen (secondary N) is 3. The van der Waals surface area contributed by atoms with E-state index in [0.717, 1.165) is 44.1 Å². The molecule has 2 aliphatic heterocycles. The molecule has 9 rings (SSSR count). The molecule has 2 aromatic carbocycles. The molecule has 5 aromatic heterocycles. The zero-order valence-electron chi connectivity index (χ0n) is 50.6. The molecule has 0 unspecified atom stereocenters. The first-order valence-corrected chi connectivity index (χ1v) is 29.2. The number of nitrogens with zero attached hydrogens (tertiary/aromatic N) is 13. The van der Waals surface area contributed by atoms with E-state index in [1.807, 2.05) is 39.8 Å². The van der Waals surface area contributed by atoms with Crippen LogP contribution in [0.3, 0.4) is 0 Å². The number of carbonyl (C=O) groups is 6. The number of primary amides is 2. The van der Waals surface area contributed by atoms with E-state index in [-0.39, 0.29) is 60.5 Å². The number of aromatic nitrogens is 11. The summed E-state index contributed by atoms with van der Waals surface area (Å²) in [6.07, 6.45) is 5.91. The molecule has 1 fully saturated rings. The van der Waals surface area contributed by atoms with Gasteiger partial charge in [-0.25, -0.2) is 14.8 Å². The number of likely N-dealkylation sites (tertiary alicyclic amines) is 1. The van der Waals surface area contributed by atoms with Crippen molar-refractivity contribution in [1.82, 2.24) is 68.5 Å². The smallest absolute Gasteiger partial charge is 0.408 e. The van der Waals surface area contributed by atoms with Crippen LogP contribution in [0, 0.1) is 19.8 Å². The van der Waals surface area contributed by atoms with Crippen molar-refractivity contribution in [3.63, 3.8) is 0 Å². The third kappa shape index (κ3) is 13.8. The minimum absolute atomic E-state index is 0.128. The van der Waals surface area contributed by atoms with E-state index in [9.17, 15) is 28.8 Å². The van der Waals surface area contributed by atoms with E-state index in [1.165, 1.54) is 19.2 Å². The van der Waals surface area contributed by atoms with E-state index >= 15 is 0 Å². The van der Waals surface area contributed by atoms with Crippen LogP contribution in [0.4, 0.5) is 16.7 Å². The summed E-state index contributed by atoms with van der Waals surface area (Å²) in [6.45, 7) is 21.9. The normalized spacial score (nSPS) is 14.5. The van der Waals surface area contributed by atoms with Gasteiger partial charge in [-0.05, 0) is 130 Å². The Bertz CT molecular complexity index is 3720. The molecule has 2 aliphatic rings. The number of hydrogen-bond donors (Lipinski definition) is 5. The van der Waals surface area contributed by atoms with Gasteiger partial charge < -0.3 is 54.5 Å². The van der Waals surface area contributed by atoms with Gasteiger partial charge in [-0.2, -0.15) is 10.2 Å². The van der Waals surface area contributed by atoms with Crippen LogP contribution in [0.25, 0.3) is 22.1 Å². The van der Waals surface area contributed by atoms with Crippen LogP contribution in [0.2, 0.25) is 0 Å². The summed E-state index contributed by atoms with van der Waals surface area (Å²) in [5.41, 5.74) is 14.9. The van der Waals surface area contributed by atoms with Crippen LogP contribution < -0.4 is 36.9 Å². The van der Waals surface area contributed by atoms with E-state index in [2.05, 4.69) is 45.8 Å². The monoisotopic (exact) mass is 1180 g/mol. The second-order valence-electron chi connectivity index (χ2n) is 23.1. The first-order chi connectivity index (χ1) is 41.0. The van der Waals surface area contributed by atoms with Crippen LogP contribution in [0.5, 0.6) is 11.5 Å². The molecule has 7 aromatic rings. The van der Waals surface area contributed by atoms with Crippen LogP contribution in [0.1, 0.15) is 145 Å². The number of rotatable bonds is 23. The lowest BCUT2D eigenvalue weighted by Gasteiger charge is -2.34. The standard InChI is InChI=1S/C59H78N18O9/c1-11-76-43(27-35(5)69-76)53(80)65-56-62-40-29-38(50(60)78)31-45(84-10)48(40)74(56)19-13-14-20-75-49-41(63-57(75)66-54(81)44-28-36(6)70-77(44)12-2)30-39(51(61)79)32-46(49)85-25-15-18-71-21-16-37(17-22-71)52-68-67-47-33-72(23-24-73(47)52)55(82)42(26-34(3)4)64-58(83)86-59(7,8)9/h13-14,27-32,34,37,42H,11-12,15-26,33H2,1-10H3,(H2,60,78)(H2,61,79)(H,64,83)(H,62,65,80)(H,63,66,81)/b14-13+/t42-/m0/s1. The number of amides is 6. The topological polar surface area (TPSA) is 327 Å². The Morgan fingerprint density at radius 3 is 1.80 bits per heavy atom. The third-order valence-corrected chi connectivity index (χ3v) is 15.1. The summed E-state index contributed by atoms with van der Waals surface area (Å²) >= 11 is 0. The van der Waals surface area contributed by atoms with Gasteiger partial charge in [0.25, 0.3) is 11.8 Å². The summed E-state index contributed by atoms with van der Waals surface area (Å²) < 4.78 is 26.7. The van der Waals surface area contributed by atoms with Crippen LogP contribution in [-0.2, 0) is 48.8 Å². The van der Waals surface area contributed by atoms with Crippen LogP contribution in [-0.4, -0.2) is 150 Å². The highest BCUT2D eigenvalue weighted by Gasteiger charge is 2.34. The number of allylic oxidation sites excluding steroid dienone is 2. The average Bonchev–Trinajstić information content (AvgIpc) is 1.79. The van der Waals surface area contributed by atoms with Gasteiger partial charge >= 0.3 is 6.09 Å². The Morgan fingerprint density at radius 2 is 1.29 bits per heavy atom. The van der Waals surface area contributed by atoms with Crippen molar-refractivity contribution < 1.29 is 43.0 Å². The number of alkyl carbamates (subject to hydrolysis) is 1. The Hall–Kier alpha value is -9.14. The molecule has 0 spiro atoms. The Morgan fingerprint density at radius 1 is 0.744 bits per heavy atom. The van der Waals surface area contributed by atoms with Gasteiger partial charge in [-0.3, -0.25) is 44.0 Å². The van der Waals surface area contributed by atoms with Crippen molar-refractivity contribution in [2.45, 2.75) is 145 Å². The summed E-state index contributed by atoms with van der Waals surface area (Å²) in [5.74, 6) is 0.505. The molecule has 0 aliphatic carbocycles. The van der Waals surface area contributed by atoms with Gasteiger partial charge in [0.05, 0.1) is 42.7 Å². The molecule has 0 saturated carbocycles. The van der Waals surface area contributed by atoms with Gasteiger partial charge in [0.2, 0.25) is 29.6 Å². The number of benzene rings is 2. The first kappa shape index (κ1) is 61.4. The van der Waals surface area contributed by atoms with Gasteiger partial charge in [0, 0.05) is 62.9 Å². The van der Waals surface area contributed by atoms with Crippen LogP contribution >= 0.6 is 0 Å². The molecule has 0 bridgehead atoms. The van der Waals surface area contributed by atoms with E-state index in [4.69, 9.17) is 35.6 Å². The summed E-state index contributed by atoms with van der Waals surface area (Å²) in [4.78, 5) is 93.4. The fourth-order valence-corrected chi connectivity index (χ4v) is 11.1. The van der Waals surface area contributed by atoms with Gasteiger partial charge in [-0.1, -0.05) is 26.0 Å². The number of methoxy groups -OCH3 is 1. The minimum atomic E-state index is -0.727. The zero-order chi connectivity index (χ0) is 61.7. The van der Waals surface area contributed by atoms with Gasteiger partial charge in [-0.15, -0.1) is 10.2 Å². The van der Waals surface area contributed by atoms with Gasteiger partial charge in [0.1, 0.15) is 51.4 Å².